The fourth-order valence-corrected chi connectivity index (χ4v) is 3.98. The highest BCUT2D eigenvalue weighted by molar-refractivity contribution is 5.49. The van der Waals surface area contributed by atoms with Gasteiger partial charge < -0.3 is 0 Å². The molecule has 0 aromatic rings. The monoisotopic (exact) mass is 174 g/mol. The number of rotatable bonds is 0. The second kappa shape index (κ2) is 1.94. The Morgan fingerprint density at radius 3 is 2.77 bits per heavy atom. The van der Waals surface area contributed by atoms with E-state index in [1.807, 2.05) is 0 Å². The number of hydrogen-bond acceptors (Lipinski definition) is 0. The Morgan fingerprint density at radius 1 is 1.31 bits per heavy atom. The molecule has 1 fully saturated rings. The molecule has 0 unspecified atom stereocenters. The van der Waals surface area contributed by atoms with Crippen molar-refractivity contribution in [3.63, 3.8) is 0 Å². The van der Waals surface area contributed by atoms with E-state index in [0.717, 1.165) is 5.92 Å². The molecule has 0 heterocycles. The minimum Gasteiger partial charge on any atom is -0.0801 e. The zero-order valence-electron chi connectivity index (χ0n) is 8.85. The lowest BCUT2D eigenvalue weighted by Gasteiger charge is -2.37. The van der Waals surface area contributed by atoms with Crippen molar-refractivity contribution < 1.29 is 0 Å². The third kappa shape index (κ3) is 0.630. The van der Waals surface area contributed by atoms with E-state index in [-0.39, 0.29) is 0 Å². The summed E-state index contributed by atoms with van der Waals surface area (Å²) in [6.45, 7) is 7.43. The van der Waals surface area contributed by atoms with Gasteiger partial charge in [0.15, 0.2) is 0 Å². The van der Waals surface area contributed by atoms with Gasteiger partial charge in [-0.25, -0.2) is 0 Å². The maximum atomic E-state index is 2.49. The van der Waals surface area contributed by atoms with E-state index < -0.39 is 0 Å². The van der Waals surface area contributed by atoms with E-state index in [0.29, 0.717) is 10.8 Å². The van der Waals surface area contributed by atoms with Gasteiger partial charge in [-0.2, -0.15) is 0 Å². The second-order valence-corrected chi connectivity index (χ2v) is 5.69. The number of fused-ring (bicyclic) bond motifs is 4. The fraction of sp³-hybridized carbons (Fsp3) is 0.692. The molecule has 1 saturated carbocycles. The minimum absolute atomic E-state index is 0.524. The molecule has 0 saturated heterocycles. The fourth-order valence-electron chi connectivity index (χ4n) is 3.98. The van der Waals surface area contributed by atoms with Crippen LogP contribution < -0.4 is 0 Å². The average Bonchev–Trinajstić information content (AvgIpc) is 2.63. The Balaban J connectivity index is 2.20. The van der Waals surface area contributed by atoms with Gasteiger partial charge >= 0.3 is 0 Å². The highest BCUT2D eigenvalue weighted by Gasteiger charge is 2.59. The van der Waals surface area contributed by atoms with Crippen LogP contribution in [0.15, 0.2) is 23.3 Å². The lowest BCUT2D eigenvalue weighted by Crippen LogP contribution is -2.30. The summed E-state index contributed by atoms with van der Waals surface area (Å²) < 4.78 is 0. The molecule has 3 aliphatic rings. The first-order chi connectivity index (χ1) is 6.07. The zero-order valence-corrected chi connectivity index (χ0v) is 8.85. The third-order valence-corrected chi connectivity index (χ3v) is 5.24. The largest absolute Gasteiger partial charge is 0.0801 e. The van der Waals surface area contributed by atoms with Crippen LogP contribution in [0.5, 0.6) is 0 Å². The smallest absolute Gasteiger partial charge is 0.00502 e. The first-order valence-corrected chi connectivity index (χ1v) is 5.47. The van der Waals surface area contributed by atoms with E-state index >= 15 is 0 Å². The van der Waals surface area contributed by atoms with Gasteiger partial charge in [0.2, 0.25) is 0 Å². The van der Waals surface area contributed by atoms with Crippen LogP contribution in [0.3, 0.4) is 0 Å². The molecule has 0 amide bonds. The van der Waals surface area contributed by atoms with Crippen molar-refractivity contribution in [2.75, 3.05) is 0 Å². The van der Waals surface area contributed by atoms with Crippen LogP contribution in [-0.2, 0) is 0 Å². The lowest BCUT2D eigenvalue weighted by molar-refractivity contribution is 0.168. The van der Waals surface area contributed by atoms with E-state index in [4.69, 9.17) is 0 Å². The van der Waals surface area contributed by atoms with Gasteiger partial charge in [0.05, 0.1) is 0 Å². The summed E-state index contributed by atoms with van der Waals surface area (Å²) in [7, 11) is 0. The molecule has 0 N–H and O–H groups in total. The molecule has 70 valence electrons. The first-order valence-electron chi connectivity index (χ1n) is 5.47. The SMILES string of the molecule is CC1(C)[C@H]2CC[C@]1(C)C1=C2C=CC1. The van der Waals surface area contributed by atoms with Gasteiger partial charge in [0.1, 0.15) is 0 Å². The molecule has 3 rings (SSSR count). The highest BCUT2D eigenvalue weighted by atomic mass is 14.6. The Bertz CT molecular complexity index is 330. The summed E-state index contributed by atoms with van der Waals surface area (Å²) in [5, 5.41) is 0. The predicted molar refractivity (Wildman–Crippen MR) is 55.4 cm³/mol. The molecule has 0 aromatic carbocycles. The Hall–Kier alpha value is -0.520. The summed E-state index contributed by atoms with van der Waals surface area (Å²) in [6.07, 6.45) is 8.84. The molecular formula is C13H18. The second-order valence-electron chi connectivity index (χ2n) is 5.69. The summed E-state index contributed by atoms with van der Waals surface area (Å²) in [6, 6.07) is 0. The summed E-state index contributed by atoms with van der Waals surface area (Å²) in [4.78, 5) is 0. The molecule has 0 spiro atoms. The molecular weight excluding hydrogens is 156 g/mol. The van der Waals surface area contributed by atoms with Crippen molar-refractivity contribution in [2.45, 2.75) is 40.0 Å². The average molecular weight is 174 g/mol. The van der Waals surface area contributed by atoms with Crippen molar-refractivity contribution in [2.24, 2.45) is 16.7 Å². The van der Waals surface area contributed by atoms with E-state index in [2.05, 4.69) is 32.9 Å². The van der Waals surface area contributed by atoms with Crippen LogP contribution in [0.2, 0.25) is 0 Å². The predicted octanol–water partition coefficient (Wildman–Crippen LogP) is 3.70. The minimum atomic E-state index is 0.524. The summed E-state index contributed by atoms with van der Waals surface area (Å²) in [5.41, 5.74) is 4.53. The van der Waals surface area contributed by atoms with Crippen molar-refractivity contribution in [1.29, 1.82) is 0 Å². The van der Waals surface area contributed by atoms with Crippen LogP contribution in [0.25, 0.3) is 0 Å². The molecule has 13 heavy (non-hydrogen) atoms. The Morgan fingerprint density at radius 2 is 2.08 bits per heavy atom. The summed E-state index contributed by atoms with van der Waals surface area (Å²) in [5.74, 6) is 0.867. The van der Waals surface area contributed by atoms with Crippen molar-refractivity contribution in [1.82, 2.24) is 0 Å². The van der Waals surface area contributed by atoms with Crippen LogP contribution in [0.4, 0.5) is 0 Å². The van der Waals surface area contributed by atoms with Crippen LogP contribution in [-0.4, -0.2) is 0 Å². The molecule has 3 aliphatic carbocycles. The standard InChI is InChI=1S/C13H18/c1-12(2)10-7-8-13(12,3)11-6-4-5-9(10)11/h4-5,10H,6-8H2,1-3H3/t10-,13+/m0/s1. The zero-order chi connectivity index (χ0) is 9.27. The van der Waals surface area contributed by atoms with Crippen molar-refractivity contribution >= 4 is 0 Å². The molecule has 2 bridgehead atoms. The topological polar surface area (TPSA) is 0 Å². The Labute approximate surface area is 80.7 Å². The van der Waals surface area contributed by atoms with Gasteiger partial charge in [-0.05, 0) is 41.6 Å². The maximum Gasteiger partial charge on any atom is -0.00502 e. The third-order valence-electron chi connectivity index (χ3n) is 5.24. The van der Waals surface area contributed by atoms with E-state index in [9.17, 15) is 0 Å². The van der Waals surface area contributed by atoms with Gasteiger partial charge in [-0.15, -0.1) is 0 Å². The van der Waals surface area contributed by atoms with Crippen molar-refractivity contribution in [3.05, 3.63) is 23.3 Å². The molecule has 0 nitrogen and oxygen atoms in total. The Kier molecular flexibility index (Phi) is 1.17. The van der Waals surface area contributed by atoms with E-state index in [1.54, 1.807) is 11.1 Å². The molecule has 0 aliphatic heterocycles. The highest BCUT2D eigenvalue weighted by Crippen LogP contribution is 2.69. The molecule has 0 heteroatoms. The molecule has 0 aromatic heterocycles. The first kappa shape index (κ1) is 7.84. The summed E-state index contributed by atoms with van der Waals surface area (Å²) >= 11 is 0. The van der Waals surface area contributed by atoms with Gasteiger partial charge in [-0.3, -0.25) is 0 Å². The maximum absolute atomic E-state index is 2.49. The van der Waals surface area contributed by atoms with Crippen LogP contribution >= 0.6 is 0 Å². The van der Waals surface area contributed by atoms with Crippen molar-refractivity contribution in [3.8, 4) is 0 Å². The lowest BCUT2D eigenvalue weighted by atomic mass is 9.67. The quantitative estimate of drug-likeness (QED) is 0.525. The molecule has 2 atom stereocenters. The number of allylic oxidation sites excluding steroid dienone is 4. The van der Waals surface area contributed by atoms with Crippen LogP contribution in [0, 0.1) is 16.7 Å². The van der Waals surface area contributed by atoms with Gasteiger partial charge in [0, 0.05) is 0 Å². The van der Waals surface area contributed by atoms with Gasteiger partial charge in [-0.1, -0.05) is 38.5 Å². The molecule has 0 radical (unpaired) electrons. The number of hydrogen-bond donors (Lipinski definition) is 0. The van der Waals surface area contributed by atoms with Crippen LogP contribution in [0.1, 0.15) is 40.0 Å². The van der Waals surface area contributed by atoms with Gasteiger partial charge in [0.25, 0.3) is 0 Å². The normalized spacial score (nSPS) is 44.7. The van der Waals surface area contributed by atoms with E-state index in [1.165, 1.54) is 19.3 Å².